The fraction of sp³-hybridized carbons (Fsp3) is 0.158. The van der Waals surface area contributed by atoms with Crippen molar-refractivity contribution in [3.05, 3.63) is 72.6 Å². The number of thioether (sulfide) groups is 1. The molecule has 0 saturated carbocycles. The average Bonchev–Trinajstić information content (AvgIpc) is 3.40. The second-order valence-corrected chi connectivity index (χ2v) is 6.62. The highest BCUT2D eigenvalue weighted by Crippen LogP contribution is 2.27. The Morgan fingerprint density at radius 1 is 1.04 bits per heavy atom. The van der Waals surface area contributed by atoms with E-state index in [4.69, 9.17) is 4.74 Å². The van der Waals surface area contributed by atoms with Gasteiger partial charge in [0.05, 0.1) is 12.3 Å². The normalized spacial score (nSPS) is 10.9. The minimum absolute atomic E-state index is 0.588. The van der Waals surface area contributed by atoms with Gasteiger partial charge in [-0.05, 0) is 53.2 Å². The van der Waals surface area contributed by atoms with Crippen LogP contribution >= 0.6 is 11.8 Å². The van der Waals surface area contributed by atoms with Crippen LogP contribution in [0.2, 0.25) is 0 Å². The number of hydrogen-bond donors (Lipinski definition) is 0. The first-order valence-electron chi connectivity index (χ1n) is 8.57. The number of para-hydroxylation sites is 2. The lowest BCUT2D eigenvalue weighted by molar-refractivity contribution is 0.337. The van der Waals surface area contributed by atoms with E-state index >= 15 is 0 Å². The molecule has 0 aliphatic heterocycles. The first kappa shape index (κ1) is 17.3. The molecule has 0 saturated heterocycles. The van der Waals surface area contributed by atoms with E-state index in [1.165, 1.54) is 5.56 Å². The second-order valence-electron chi connectivity index (χ2n) is 5.68. The standard InChI is InChI=1S/C19H18N6OS/c1-2-26-18-7-4-3-6-17(18)25-19(21-22-23-25)27-14-15-8-10-16(11-9-15)24-13-5-12-20-24/h3-13H,2,14H2,1H3. The summed E-state index contributed by atoms with van der Waals surface area (Å²) in [5, 5.41) is 17.1. The van der Waals surface area contributed by atoms with E-state index < -0.39 is 0 Å². The highest BCUT2D eigenvalue weighted by molar-refractivity contribution is 7.98. The molecular weight excluding hydrogens is 360 g/mol. The number of aromatic nitrogens is 6. The molecule has 0 amide bonds. The lowest BCUT2D eigenvalue weighted by Crippen LogP contribution is -2.03. The van der Waals surface area contributed by atoms with Crippen molar-refractivity contribution in [1.29, 1.82) is 0 Å². The van der Waals surface area contributed by atoms with Crippen molar-refractivity contribution in [3.8, 4) is 17.1 Å². The van der Waals surface area contributed by atoms with Crippen LogP contribution in [0, 0.1) is 0 Å². The predicted molar refractivity (Wildman–Crippen MR) is 103 cm³/mol. The molecule has 7 nitrogen and oxygen atoms in total. The van der Waals surface area contributed by atoms with Gasteiger partial charge in [0.1, 0.15) is 11.4 Å². The zero-order chi connectivity index (χ0) is 18.5. The second kappa shape index (κ2) is 8.05. The van der Waals surface area contributed by atoms with Crippen molar-refractivity contribution in [2.75, 3.05) is 6.61 Å². The summed E-state index contributed by atoms with van der Waals surface area (Å²) < 4.78 is 9.24. The minimum atomic E-state index is 0.588. The van der Waals surface area contributed by atoms with Gasteiger partial charge in [-0.25, -0.2) is 4.68 Å². The molecule has 0 atom stereocenters. The molecule has 0 radical (unpaired) electrons. The van der Waals surface area contributed by atoms with Crippen LogP contribution in [0.4, 0.5) is 0 Å². The molecule has 136 valence electrons. The van der Waals surface area contributed by atoms with Crippen LogP contribution in [0.5, 0.6) is 5.75 Å². The molecule has 8 heteroatoms. The zero-order valence-electron chi connectivity index (χ0n) is 14.8. The fourth-order valence-corrected chi connectivity index (χ4v) is 3.48. The molecule has 0 N–H and O–H groups in total. The smallest absolute Gasteiger partial charge is 0.214 e. The number of tetrazole rings is 1. The van der Waals surface area contributed by atoms with Gasteiger partial charge in [-0.3, -0.25) is 0 Å². The summed E-state index contributed by atoms with van der Waals surface area (Å²) in [6.45, 7) is 2.54. The van der Waals surface area contributed by atoms with Crippen molar-refractivity contribution in [3.63, 3.8) is 0 Å². The molecule has 0 unspecified atom stereocenters. The van der Waals surface area contributed by atoms with Crippen LogP contribution in [0.1, 0.15) is 12.5 Å². The third kappa shape index (κ3) is 3.85. The lowest BCUT2D eigenvalue weighted by atomic mass is 10.2. The molecule has 0 spiro atoms. The Morgan fingerprint density at radius 2 is 1.89 bits per heavy atom. The topological polar surface area (TPSA) is 70.7 Å². The van der Waals surface area contributed by atoms with Gasteiger partial charge < -0.3 is 4.74 Å². The molecular formula is C19H18N6OS. The van der Waals surface area contributed by atoms with E-state index in [0.717, 1.165) is 28.0 Å². The van der Waals surface area contributed by atoms with Crippen LogP contribution in [-0.4, -0.2) is 36.6 Å². The minimum Gasteiger partial charge on any atom is -0.492 e. The quantitative estimate of drug-likeness (QED) is 0.458. The van der Waals surface area contributed by atoms with Crippen molar-refractivity contribution < 1.29 is 4.74 Å². The summed E-state index contributed by atoms with van der Waals surface area (Å²) in [6.07, 6.45) is 3.69. The first-order chi connectivity index (χ1) is 13.3. The molecule has 2 heterocycles. The van der Waals surface area contributed by atoms with Crippen LogP contribution in [0.3, 0.4) is 0 Å². The monoisotopic (exact) mass is 378 g/mol. The van der Waals surface area contributed by atoms with Gasteiger partial charge in [0.25, 0.3) is 0 Å². The lowest BCUT2D eigenvalue weighted by Gasteiger charge is -2.10. The van der Waals surface area contributed by atoms with Crippen molar-refractivity contribution in [1.82, 2.24) is 30.0 Å². The van der Waals surface area contributed by atoms with Gasteiger partial charge in [-0.1, -0.05) is 36.0 Å². The number of hydrogen-bond acceptors (Lipinski definition) is 6. The van der Waals surface area contributed by atoms with E-state index in [0.29, 0.717) is 6.61 Å². The van der Waals surface area contributed by atoms with E-state index in [1.807, 2.05) is 48.1 Å². The molecule has 4 aromatic rings. The highest BCUT2D eigenvalue weighted by Gasteiger charge is 2.13. The van der Waals surface area contributed by atoms with Crippen LogP contribution in [-0.2, 0) is 5.75 Å². The Bertz CT molecular complexity index is 997. The van der Waals surface area contributed by atoms with Gasteiger partial charge in [0.15, 0.2) is 0 Å². The summed E-state index contributed by atoms with van der Waals surface area (Å²) in [5.74, 6) is 1.52. The largest absolute Gasteiger partial charge is 0.492 e. The first-order valence-corrected chi connectivity index (χ1v) is 9.56. The summed E-state index contributed by atoms with van der Waals surface area (Å²) >= 11 is 1.58. The number of ether oxygens (including phenoxy) is 1. The summed E-state index contributed by atoms with van der Waals surface area (Å²) in [4.78, 5) is 0. The summed E-state index contributed by atoms with van der Waals surface area (Å²) in [5.41, 5.74) is 3.05. The maximum absolute atomic E-state index is 5.69. The third-order valence-electron chi connectivity index (χ3n) is 3.91. The molecule has 2 aromatic carbocycles. The van der Waals surface area contributed by atoms with Gasteiger partial charge >= 0.3 is 0 Å². The molecule has 0 fully saturated rings. The van der Waals surface area contributed by atoms with E-state index in [1.54, 1.807) is 22.6 Å². The van der Waals surface area contributed by atoms with Gasteiger partial charge in [-0.15, -0.1) is 5.10 Å². The molecule has 0 bridgehead atoms. The Morgan fingerprint density at radius 3 is 2.67 bits per heavy atom. The fourth-order valence-electron chi connectivity index (χ4n) is 2.64. The predicted octanol–water partition coefficient (Wildman–Crippen LogP) is 3.54. The molecule has 0 aliphatic carbocycles. The van der Waals surface area contributed by atoms with Crippen LogP contribution in [0.15, 0.2) is 72.1 Å². The Hall–Kier alpha value is -3.13. The van der Waals surface area contributed by atoms with E-state index in [9.17, 15) is 0 Å². The van der Waals surface area contributed by atoms with E-state index in [-0.39, 0.29) is 0 Å². The van der Waals surface area contributed by atoms with Crippen molar-refractivity contribution in [2.45, 2.75) is 17.8 Å². The molecule has 0 aliphatic rings. The SMILES string of the molecule is CCOc1ccccc1-n1nnnc1SCc1ccc(-n2cccn2)cc1. The van der Waals surface area contributed by atoms with Crippen LogP contribution < -0.4 is 4.74 Å². The zero-order valence-corrected chi connectivity index (χ0v) is 15.6. The highest BCUT2D eigenvalue weighted by atomic mass is 32.2. The number of benzene rings is 2. The number of rotatable bonds is 7. The van der Waals surface area contributed by atoms with Crippen LogP contribution in [0.25, 0.3) is 11.4 Å². The van der Waals surface area contributed by atoms with Crippen molar-refractivity contribution >= 4 is 11.8 Å². The summed E-state index contributed by atoms with van der Waals surface area (Å²) in [6, 6.07) is 17.9. The Balaban J connectivity index is 1.50. The van der Waals surface area contributed by atoms with Crippen molar-refractivity contribution in [2.24, 2.45) is 0 Å². The maximum atomic E-state index is 5.69. The Labute approximate surface area is 161 Å². The molecule has 27 heavy (non-hydrogen) atoms. The number of nitrogens with zero attached hydrogens (tertiary/aromatic N) is 6. The maximum Gasteiger partial charge on any atom is 0.214 e. The Kier molecular flexibility index (Phi) is 5.15. The van der Waals surface area contributed by atoms with Gasteiger partial charge in [-0.2, -0.15) is 9.78 Å². The summed E-state index contributed by atoms with van der Waals surface area (Å²) in [7, 11) is 0. The average molecular weight is 378 g/mol. The molecule has 4 rings (SSSR count). The van der Waals surface area contributed by atoms with E-state index in [2.05, 4.69) is 44.9 Å². The van der Waals surface area contributed by atoms with Gasteiger partial charge in [0.2, 0.25) is 5.16 Å². The third-order valence-corrected chi connectivity index (χ3v) is 4.90. The van der Waals surface area contributed by atoms with Gasteiger partial charge in [0, 0.05) is 18.1 Å². The molecule has 2 aromatic heterocycles.